The van der Waals surface area contributed by atoms with Crippen LogP contribution in [-0.4, -0.2) is 37.0 Å². The van der Waals surface area contributed by atoms with Gasteiger partial charge in [-0.25, -0.2) is 0 Å². The molecule has 0 heterocycles. The minimum atomic E-state index is -1.16. The smallest absolute Gasteiger partial charge is 0.254 e. The van der Waals surface area contributed by atoms with Gasteiger partial charge < -0.3 is 5.32 Å². The molecule has 1 rings (SSSR count). The van der Waals surface area contributed by atoms with Gasteiger partial charge in [-0.05, 0) is 25.3 Å². The van der Waals surface area contributed by atoms with Crippen molar-refractivity contribution in [1.82, 2.24) is 5.32 Å². The molecule has 1 aromatic rings. The molecule has 0 unspecified atom stereocenters. The number of carbonyl (C=O) groups is 2. The predicted octanol–water partition coefficient (Wildman–Crippen LogP) is 5.60. The molecule has 0 aliphatic rings. The van der Waals surface area contributed by atoms with E-state index in [1.165, 1.54) is 57.0 Å². The van der Waals surface area contributed by atoms with E-state index in [0.29, 0.717) is 11.1 Å². The van der Waals surface area contributed by atoms with E-state index >= 15 is 0 Å². The topological polar surface area (TPSA) is 46.2 Å². The Kier molecular flexibility index (Phi) is 10.6. The summed E-state index contributed by atoms with van der Waals surface area (Å²) >= 11 is 0. The first kappa shape index (κ1) is 21.8. The van der Waals surface area contributed by atoms with Crippen molar-refractivity contribution >= 4 is 19.5 Å². The van der Waals surface area contributed by atoms with Gasteiger partial charge >= 0.3 is 0 Å². The summed E-state index contributed by atoms with van der Waals surface area (Å²) in [6, 6.07) is 7.05. The minimum Gasteiger partial charge on any atom is -0.320 e. The number of amides is 1. The van der Waals surface area contributed by atoms with E-state index < -0.39 is 7.26 Å². The third kappa shape index (κ3) is 7.28. The minimum absolute atomic E-state index is 0.100. The largest absolute Gasteiger partial charge is 0.320 e. The van der Waals surface area contributed by atoms with E-state index in [1.54, 1.807) is 18.2 Å². The molecule has 0 bridgehead atoms. The summed E-state index contributed by atoms with van der Waals surface area (Å²) in [4.78, 5) is 23.8. The van der Waals surface area contributed by atoms with Crippen molar-refractivity contribution in [2.75, 3.05) is 24.8 Å². The average Bonchev–Trinajstić information content (AvgIpc) is 2.66. The van der Waals surface area contributed by atoms with Gasteiger partial charge in [0, 0.05) is 18.4 Å². The Bertz CT molecular complexity index is 509. The highest BCUT2D eigenvalue weighted by molar-refractivity contribution is 7.75. The number of nitrogens with one attached hydrogen (secondary N) is 1. The van der Waals surface area contributed by atoms with Gasteiger partial charge in [0.2, 0.25) is 0 Å². The van der Waals surface area contributed by atoms with Crippen molar-refractivity contribution in [3.8, 4) is 0 Å². The summed E-state index contributed by atoms with van der Waals surface area (Å²) in [5.41, 5.74) is 0.969. The van der Waals surface area contributed by atoms with Crippen LogP contribution in [0.15, 0.2) is 24.3 Å². The number of carbonyl (C=O) groups excluding carboxylic acids is 2. The van der Waals surface area contributed by atoms with Crippen molar-refractivity contribution in [3.05, 3.63) is 35.4 Å². The zero-order valence-electron chi connectivity index (χ0n) is 16.2. The lowest BCUT2D eigenvalue weighted by Crippen LogP contribution is -2.30. The molecule has 4 heteroatoms. The summed E-state index contributed by atoms with van der Waals surface area (Å²) in [5, 5.41) is 3.19. The summed E-state index contributed by atoms with van der Waals surface area (Å²) < 4.78 is 0. The Balaban J connectivity index is 2.86. The van der Waals surface area contributed by atoms with Crippen molar-refractivity contribution in [2.45, 2.75) is 59.3 Å². The van der Waals surface area contributed by atoms with Crippen LogP contribution in [0, 0.1) is 0 Å². The normalized spacial score (nSPS) is 11.3. The van der Waals surface area contributed by atoms with Gasteiger partial charge in [-0.1, -0.05) is 58.2 Å². The van der Waals surface area contributed by atoms with Crippen LogP contribution in [-0.2, 0) is 0 Å². The number of benzene rings is 1. The average molecular weight is 364 g/mol. The second kappa shape index (κ2) is 12.2. The van der Waals surface area contributed by atoms with E-state index in [9.17, 15) is 9.59 Å². The van der Waals surface area contributed by atoms with Crippen LogP contribution in [0.25, 0.3) is 0 Å². The number of unbranched alkanes of at least 4 members (excludes halogenated alkanes) is 3. The lowest BCUT2D eigenvalue weighted by atomic mass is 10.1. The van der Waals surface area contributed by atoms with Gasteiger partial charge in [0.25, 0.3) is 5.91 Å². The monoisotopic (exact) mass is 364 g/mol. The first-order valence-electron chi connectivity index (χ1n) is 9.80. The molecule has 0 saturated carbocycles. The van der Waals surface area contributed by atoms with Gasteiger partial charge in [0.1, 0.15) is 6.29 Å². The second-order valence-corrected chi connectivity index (χ2v) is 11.3. The number of aldehydes is 1. The Morgan fingerprint density at radius 2 is 1.48 bits per heavy atom. The number of rotatable bonds is 13. The van der Waals surface area contributed by atoms with Crippen molar-refractivity contribution in [1.29, 1.82) is 0 Å². The van der Waals surface area contributed by atoms with Crippen molar-refractivity contribution in [2.24, 2.45) is 0 Å². The first-order chi connectivity index (χ1) is 12.1. The fourth-order valence-electron chi connectivity index (χ4n) is 3.19. The van der Waals surface area contributed by atoms with Gasteiger partial charge in [0.05, 0.1) is 18.5 Å². The molecule has 0 radical (unpaired) electrons. The third-order valence-corrected chi connectivity index (χ3v) is 9.49. The van der Waals surface area contributed by atoms with Crippen LogP contribution in [0.2, 0.25) is 0 Å². The van der Waals surface area contributed by atoms with Crippen LogP contribution in [0.1, 0.15) is 80.0 Å². The highest BCUT2D eigenvalue weighted by Gasteiger charge is 2.36. The van der Waals surface area contributed by atoms with Crippen LogP contribution >= 0.6 is 7.26 Å². The molecule has 0 aliphatic heterocycles. The van der Waals surface area contributed by atoms with Crippen molar-refractivity contribution in [3.63, 3.8) is 0 Å². The highest BCUT2D eigenvalue weighted by Crippen LogP contribution is 2.59. The molecule has 3 nitrogen and oxygen atoms in total. The molecule has 0 aromatic heterocycles. The molecule has 1 aromatic carbocycles. The SMILES string of the molecule is CCCC[P+](CCCC)(CCCC)CNC(=O)c1ccccc1C=O. The maximum atomic E-state index is 12.6. The quantitative estimate of drug-likeness (QED) is 0.365. The van der Waals surface area contributed by atoms with E-state index in [2.05, 4.69) is 26.1 Å². The lowest BCUT2D eigenvalue weighted by molar-refractivity contribution is 0.0954. The molecule has 140 valence electrons. The Morgan fingerprint density at radius 1 is 0.960 bits per heavy atom. The fourth-order valence-corrected chi connectivity index (χ4v) is 7.78. The first-order valence-corrected chi connectivity index (χ1v) is 12.3. The zero-order valence-corrected chi connectivity index (χ0v) is 17.1. The molecule has 0 saturated heterocycles. The zero-order chi connectivity index (χ0) is 18.5. The molecule has 0 fully saturated rings. The molecular weight excluding hydrogens is 329 g/mol. The van der Waals surface area contributed by atoms with Crippen LogP contribution in [0.4, 0.5) is 0 Å². The van der Waals surface area contributed by atoms with Gasteiger partial charge in [-0.15, -0.1) is 0 Å². The Morgan fingerprint density at radius 3 is 1.96 bits per heavy atom. The fraction of sp³-hybridized carbons (Fsp3) is 0.619. The second-order valence-electron chi connectivity index (χ2n) is 6.94. The molecule has 25 heavy (non-hydrogen) atoms. The third-order valence-electron chi connectivity index (χ3n) is 4.87. The van der Waals surface area contributed by atoms with Crippen LogP contribution in [0.5, 0.6) is 0 Å². The molecular formula is C21H35NO2P+. The Labute approximate surface area is 154 Å². The van der Waals surface area contributed by atoms with E-state index in [-0.39, 0.29) is 5.91 Å². The lowest BCUT2D eigenvalue weighted by Gasteiger charge is -2.28. The van der Waals surface area contributed by atoms with Crippen LogP contribution in [0.3, 0.4) is 0 Å². The molecule has 0 spiro atoms. The van der Waals surface area contributed by atoms with Crippen LogP contribution < -0.4 is 5.32 Å². The standard InChI is InChI=1S/C21H34NO2P/c1-4-7-14-25(15-8-5-2,16-9-6-3)18-22-21(24)20-13-11-10-12-19(20)17-23/h10-13,17H,4-9,14-16,18H2,1-3H3/p+1. The van der Waals surface area contributed by atoms with Gasteiger partial charge in [-0.3, -0.25) is 9.59 Å². The van der Waals surface area contributed by atoms with E-state index in [4.69, 9.17) is 0 Å². The van der Waals surface area contributed by atoms with Crippen molar-refractivity contribution < 1.29 is 9.59 Å². The predicted molar refractivity (Wildman–Crippen MR) is 110 cm³/mol. The summed E-state index contributed by atoms with van der Waals surface area (Å²) in [6.07, 6.45) is 12.8. The van der Waals surface area contributed by atoms with E-state index in [1.807, 2.05) is 6.07 Å². The summed E-state index contributed by atoms with van der Waals surface area (Å²) in [7, 11) is -1.16. The molecule has 0 atom stereocenters. The maximum absolute atomic E-state index is 12.6. The maximum Gasteiger partial charge on any atom is 0.254 e. The van der Waals surface area contributed by atoms with Gasteiger partial charge in [-0.2, -0.15) is 0 Å². The highest BCUT2D eigenvalue weighted by atomic mass is 31.2. The Hall–Kier alpha value is -1.21. The van der Waals surface area contributed by atoms with Gasteiger partial charge in [0.15, 0.2) is 6.29 Å². The number of hydrogen-bond donors (Lipinski definition) is 1. The molecule has 1 N–H and O–H groups in total. The summed E-state index contributed by atoms with van der Waals surface area (Å²) in [6.45, 7) is 6.73. The summed E-state index contributed by atoms with van der Waals surface area (Å²) in [5.74, 6) is -0.100. The van der Waals surface area contributed by atoms with E-state index in [0.717, 1.165) is 12.6 Å². The molecule has 1 amide bonds. The molecule has 0 aliphatic carbocycles. The number of hydrogen-bond acceptors (Lipinski definition) is 2.